The molecular weight excluding hydrogens is 1300 g/mol. The van der Waals surface area contributed by atoms with Crippen LogP contribution in [0.4, 0.5) is 4.79 Å². The van der Waals surface area contributed by atoms with Crippen LogP contribution in [0.1, 0.15) is 125 Å². The predicted molar refractivity (Wildman–Crippen MR) is 366 cm³/mol. The first-order valence-corrected chi connectivity index (χ1v) is 35.5. The van der Waals surface area contributed by atoms with Gasteiger partial charge in [0.25, 0.3) is 0 Å². The maximum Gasteiger partial charge on any atom is 1.00 e. The Bertz CT molecular complexity index is 3320. The molecule has 0 aromatic heterocycles. The molecule has 11 atom stereocenters. The molecule has 0 unspecified atom stereocenters. The zero-order valence-electron chi connectivity index (χ0n) is 57.8. The number of nitrogens with one attached hydrogen (secondary N) is 3. The molecule has 21 nitrogen and oxygen atoms in total. The molecule has 99 heavy (non-hydrogen) atoms. The minimum absolute atomic E-state index is 0. The van der Waals surface area contributed by atoms with Gasteiger partial charge in [0.05, 0.1) is 52.4 Å². The number of ether oxygens (including phenoxy) is 11. The molecule has 2 aliphatic rings. The number of amides is 3. The summed E-state index contributed by atoms with van der Waals surface area (Å²) in [6, 6.07) is 56.9. The smallest absolute Gasteiger partial charge is 0.726 e. The fraction of sp³-hybridized carbons (Fsp3) is 0.487. The monoisotopic (exact) mass is 1400 g/mol. The van der Waals surface area contributed by atoms with Crippen LogP contribution in [-0.4, -0.2) is 137 Å². The Labute approximate surface area is 606 Å². The Kier molecular flexibility index (Phi) is 35.5. The molecule has 0 aliphatic carbocycles. The second-order valence-corrected chi connectivity index (χ2v) is 26.5. The van der Waals surface area contributed by atoms with Crippen molar-refractivity contribution in [2.45, 2.75) is 205 Å². The maximum absolute atomic E-state index is 13.7. The minimum Gasteiger partial charge on any atom is -0.726 e. The summed E-state index contributed by atoms with van der Waals surface area (Å²) in [5.74, 6) is -0.710. The van der Waals surface area contributed by atoms with Crippen LogP contribution in [0, 0.1) is 0 Å². The standard InChI is InChI=1S/C76H99N3O18S.Na/c1-56-66(89-50-58-33-17-10-18-34-58)68(91-52-60-37-21-12-22-38-60)70(92-53-61-39-23-13-24-40-61)73(94-56)87-47-29-8-6-28-46-78-72(81)63(79-75(82)96-76(2,3)4)43-44-65(80)77-45-27-5-7-30-48-88-74-71(93-54-62-41-25-14-26-42-62)69(97-98(83,84)85)67(90-51-59-35-19-11-20-36-59)64(95-74)55-86-49-57-31-15-9-16-32-57;/h9-26,31-42,56,63-64,66-71,73-74H,5-8,27-30,43-55H2,1-4H3,(H,77,80)(H,78,81)(H,79,82)(H,83,84,85);/q;+1/p-1/t56-,63-,64+,66+,67-,68+,69-,70-,71+,73+,74+;/m0./s1. The summed E-state index contributed by atoms with van der Waals surface area (Å²) in [7, 11) is -5.31. The number of alkyl carbamates (subject to hydrolysis) is 1. The summed E-state index contributed by atoms with van der Waals surface area (Å²) in [5, 5.41) is 8.55. The first-order valence-electron chi connectivity index (χ1n) is 34.1. The molecule has 6 aromatic carbocycles. The Morgan fingerprint density at radius 3 is 1.30 bits per heavy atom. The van der Waals surface area contributed by atoms with Gasteiger partial charge in [-0.2, -0.15) is 0 Å². The van der Waals surface area contributed by atoms with Crippen molar-refractivity contribution < 1.29 is 113 Å². The molecule has 0 bridgehead atoms. The largest absolute Gasteiger partial charge is 1.00 e. The average molecular weight is 1400 g/mol. The van der Waals surface area contributed by atoms with Crippen molar-refractivity contribution in [1.29, 1.82) is 0 Å². The van der Waals surface area contributed by atoms with Crippen molar-refractivity contribution in [3.05, 3.63) is 215 Å². The van der Waals surface area contributed by atoms with Gasteiger partial charge in [0, 0.05) is 32.7 Å². The summed E-state index contributed by atoms with van der Waals surface area (Å²) >= 11 is 0. The number of benzene rings is 6. The van der Waals surface area contributed by atoms with E-state index in [1.807, 2.05) is 189 Å². The number of unbranched alkanes of at least 4 members (excludes halogenated alkanes) is 6. The normalized spacial score (nSPS) is 21.2. The van der Waals surface area contributed by atoms with Gasteiger partial charge in [0.15, 0.2) is 12.6 Å². The number of carbonyl (C=O) groups is 3. The summed E-state index contributed by atoms with van der Waals surface area (Å²) in [6.45, 7) is 9.67. The third-order valence-corrected chi connectivity index (χ3v) is 16.8. The fourth-order valence-corrected chi connectivity index (χ4v) is 11.9. The van der Waals surface area contributed by atoms with Crippen LogP contribution < -0.4 is 45.5 Å². The van der Waals surface area contributed by atoms with E-state index >= 15 is 0 Å². The van der Waals surface area contributed by atoms with Crippen molar-refractivity contribution in [2.75, 3.05) is 32.9 Å². The van der Waals surface area contributed by atoms with Crippen molar-refractivity contribution in [3.63, 3.8) is 0 Å². The van der Waals surface area contributed by atoms with Crippen molar-refractivity contribution in [3.8, 4) is 0 Å². The van der Waals surface area contributed by atoms with Crippen LogP contribution in [-0.2, 0) is 116 Å². The second kappa shape index (κ2) is 43.7. The van der Waals surface area contributed by atoms with Gasteiger partial charge in [0.2, 0.25) is 22.2 Å². The topological polar surface area (TPSA) is 255 Å². The van der Waals surface area contributed by atoms with E-state index in [0.717, 1.165) is 46.2 Å². The van der Waals surface area contributed by atoms with E-state index in [1.165, 1.54) is 0 Å². The number of hydrogen-bond donors (Lipinski definition) is 3. The van der Waals surface area contributed by atoms with Gasteiger partial charge in [-0.3, -0.25) is 13.8 Å². The number of hydrogen-bond acceptors (Lipinski definition) is 18. The molecule has 6 aromatic rings. The molecule has 0 saturated carbocycles. The van der Waals surface area contributed by atoms with E-state index < -0.39 is 89.4 Å². The molecule has 8 rings (SSSR count). The van der Waals surface area contributed by atoms with Crippen LogP contribution in [0.25, 0.3) is 0 Å². The van der Waals surface area contributed by atoms with Crippen LogP contribution in [0.15, 0.2) is 182 Å². The van der Waals surface area contributed by atoms with Gasteiger partial charge < -0.3 is 72.6 Å². The molecule has 2 heterocycles. The molecule has 0 spiro atoms. The Morgan fingerprint density at radius 1 is 0.475 bits per heavy atom. The van der Waals surface area contributed by atoms with E-state index in [-0.39, 0.29) is 87.4 Å². The molecule has 2 saturated heterocycles. The first kappa shape index (κ1) is 80.3. The molecule has 2 aliphatic heterocycles. The van der Waals surface area contributed by atoms with E-state index in [4.69, 9.17) is 56.3 Å². The summed E-state index contributed by atoms with van der Waals surface area (Å²) in [5.41, 5.74) is 4.70. The van der Waals surface area contributed by atoms with E-state index in [2.05, 4.69) is 16.0 Å². The predicted octanol–water partition coefficient (Wildman–Crippen LogP) is 8.51. The minimum atomic E-state index is -5.31. The van der Waals surface area contributed by atoms with Crippen LogP contribution >= 0.6 is 0 Å². The Balaban J connectivity index is 0.0000138. The SMILES string of the molecule is C[C@@H]1O[C@@H](OCCCCCCNC(=O)[C@H](CCC(=O)NCCCCCCO[C@@H]2O[C@H](COCc3ccccc3)[C@H](OCc3ccccc3)[C@H](OS(=O)(=O)[O-])[C@H]2OCc2ccccc2)NC(=O)OC(C)(C)C)[C@@H](OCc2ccccc2)[C@H](OCc2ccccc2)[C@@H]1OCc1ccccc1.[Na+]. The molecule has 3 amide bonds. The third kappa shape index (κ3) is 29.9. The van der Waals surface area contributed by atoms with Gasteiger partial charge in [0.1, 0.15) is 54.4 Å². The summed E-state index contributed by atoms with van der Waals surface area (Å²) in [6.07, 6.45) is -3.99. The van der Waals surface area contributed by atoms with Crippen molar-refractivity contribution >= 4 is 28.3 Å². The van der Waals surface area contributed by atoms with E-state index in [9.17, 15) is 27.4 Å². The zero-order valence-corrected chi connectivity index (χ0v) is 60.6. The van der Waals surface area contributed by atoms with Crippen LogP contribution in [0.3, 0.4) is 0 Å². The average Bonchev–Trinajstić information content (AvgIpc) is 0.791. The molecule has 2 fully saturated rings. The Morgan fingerprint density at radius 2 is 0.859 bits per heavy atom. The van der Waals surface area contributed by atoms with Gasteiger partial charge in [-0.1, -0.05) is 208 Å². The van der Waals surface area contributed by atoms with Gasteiger partial charge in [-0.05, 0) is 93.2 Å². The molecule has 23 heteroatoms. The van der Waals surface area contributed by atoms with Crippen LogP contribution in [0.5, 0.6) is 0 Å². The third-order valence-electron chi connectivity index (χ3n) is 16.4. The first-order chi connectivity index (χ1) is 47.5. The van der Waals surface area contributed by atoms with E-state index in [1.54, 1.807) is 20.8 Å². The Hall–Kier alpha value is -6.00. The molecule has 0 radical (unpaired) electrons. The number of rotatable bonds is 42. The molecule has 3 N–H and O–H groups in total. The quantitative estimate of drug-likeness (QED) is 0.0140. The van der Waals surface area contributed by atoms with Gasteiger partial charge >= 0.3 is 35.7 Å². The van der Waals surface area contributed by atoms with Gasteiger partial charge in [-0.25, -0.2) is 13.2 Å². The zero-order chi connectivity index (χ0) is 69.2. The fourth-order valence-electron chi connectivity index (χ4n) is 11.4. The van der Waals surface area contributed by atoms with Gasteiger partial charge in [-0.15, -0.1) is 0 Å². The maximum atomic E-state index is 13.7. The molecular formula is C76H98N3NaO18S. The summed E-state index contributed by atoms with van der Waals surface area (Å²) in [4.78, 5) is 39.9. The number of carbonyl (C=O) groups excluding carboxylic acids is 3. The van der Waals surface area contributed by atoms with Crippen molar-refractivity contribution in [1.82, 2.24) is 16.0 Å². The van der Waals surface area contributed by atoms with E-state index in [0.29, 0.717) is 78.0 Å². The van der Waals surface area contributed by atoms with Crippen LogP contribution in [0.2, 0.25) is 0 Å². The molecule has 532 valence electrons. The second-order valence-electron chi connectivity index (χ2n) is 25.5. The van der Waals surface area contributed by atoms with Crippen molar-refractivity contribution in [2.24, 2.45) is 0 Å². The summed E-state index contributed by atoms with van der Waals surface area (Å²) < 4.78 is 113.